The number of benzene rings is 2. The Morgan fingerprint density at radius 3 is 2.66 bits per heavy atom. The second kappa shape index (κ2) is 9.62. The van der Waals surface area contributed by atoms with Crippen LogP contribution in [0.2, 0.25) is 0 Å². The van der Waals surface area contributed by atoms with E-state index in [0.717, 1.165) is 28.1 Å². The van der Waals surface area contributed by atoms with E-state index in [4.69, 9.17) is 4.74 Å². The van der Waals surface area contributed by atoms with Crippen LogP contribution in [0.25, 0.3) is 0 Å². The summed E-state index contributed by atoms with van der Waals surface area (Å²) in [6, 6.07) is 13.6. The minimum absolute atomic E-state index is 0.0896. The summed E-state index contributed by atoms with van der Waals surface area (Å²) in [5, 5.41) is 13.3. The largest absolute Gasteiger partial charge is 0.497 e. The van der Waals surface area contributed by atoms with Crippen molar-refractivity contribution in [2.24, 2.45) is 0 Å². The molecule has 0 aliphatic rings. The molecule has 0 radical (unpaired) electrons. The molecule has 6 nitrogen and oxygen atoms in total. The summed E-state index contributed by atoms with van der Waals surface area (Å²) in [6.45, 7) is 4.46. The van der Waals surface area contributed by atoms with Gasteiger partial charge in [0.25, 0.3) is 0 Å². The van der Waals surface area contributed by atoms with E-state index in [-0.39, 0.29) is 18.3 Å². The number of methoxy groups -OCH3 is 1. The monoisotopic (exact) mass is 411 g/mol. The summed E-state index contributed by atoms with van der Waals surface area (Å²) in [5.41, 5.74) is 4.79. The van der Waals surface area contributed by atoms with E-state index in [1.807, 2.05) is 60.9 Å². The average molecular weight is 412 g/mol. The molecule has 3 rings (SSSR count). The molecule has 0 spiro atoms. The number of hydrogen-bond donors (Lipinski definition) is 2. The predicted molar refractivity (Wildman–Crippen MR) is 116 cm³/mol. The minimum Gasteiger partial charge on any atom is -0.497 e. The molecule has 0 aliphatic heterocycles. The summed E-state index contributed by atoms with van der Waals surface area (Å²) < 4.78 is 7.12. The number of ether oxygens (including phenoxy) is 1. The van der Waals surface area contributed by atoms with Crippen LogP contribution in [0, 0.1) is 13.8 Å². The average Bonchev–Trinajstić information content (AvgIpc) is 3.12. The zero-order valence-electron chi connectivity index (χ0n) is 16.8. The van der Waals surface area contributed by atoms with Gasteiger partial charge >= 0.3 is 0 Å². The molecule has 0 atom stereocenters. The second-order valence-electron chi connectivity index (χ2n) is 6.71. The van der Waals surface area contributed by atoms with Gasteiger partial charge in [-0.1, -0.05) is 36.0 Å². The van der Waals surface area contributed by atoms with E-state index in [9.17, 15) is 9.90 Å². The van der Waals surface area contributed by atoms with Gasteiger partial charge in [-0.25, -0.2) is 4.98 Å². The Morgan fingerprint density at radius 2 is 1.97 bits per heavy atom. The molecule has 1 aromatic heterocycles. The smallest absolute Gasteiger partial charge is 0.234 e. The molecule has 152 valence electrons. The molecule has 2 N–H and O–H groups in total. The first-order valence-electron chi connectivity index (χ1n) is 9.29. The Kier molecular flexibility index (Phi) is 6.95. The fraction of sp³-hybridized carbons (Fsp3) is 0.273. The van der Waals surface area contributed by atoms with Gasteiger partial charge in [0.2, 0.25) is 5.91 Å². The topological polar surface area (TPSA) is 76.4 Å². The van der Waals surface area contributed by atoms with Crippen LogP contribution >= 0.6 is 11.8 Å². The molecule has 0 unspecified atom stereocenters. The lowest BCUT2D eigenvalue weighted by atomic mass is 10.1. The number of rotatable bonds is 8. The van der Waals surface area contributed by atoms with Crippen molar-refractivity contribution < 1.29 is 14.6 Å². The third-order valence-corrected chi connectivity index (χ3v) is 5.76. The molecule has 0 fully saturated rings. The van der Waals surface area contributed by atoms with Gasteiger partial charge in [-0.15, -0.1) is 0 Å². The van der Waals surface area contributed by atoms with Crippen LogP contribution in [0.1, 0.15) is 22.4 Å². The Balaban J connectivity index is 1.68. The van der Waals surface area contributed by atoms with Crippen molar-refractivity contribution in [1.82, 2.24) is 9.55 Å². The normalized spacial score (nSPS) is 10.8. The Morgan fingerprint density at radius 1 is 1.21 bits per heavy atom. The molecular weight excluding hydrogens is 386 g/mol. The molecule has 1 heterocycles. The number of aromatic nitrogens is 2. The molecule has 0 saturated carbocycles. The number of nitrogens with zero attached hydrogens (tertiary/aromatic N) is 2. The van der Waals surface area contributed by atoms with E-state index in [1.165, 1.54) is 11.8 Å². The highest BCUT2D eigenvalue weighted by atomic mass is 32.2. The molecule has 3 aromatic rings. The Labute approximate surface area is 174 Å². The lowest BCUT2D eigenvalue weighted by Crippen LogP contribution is -2.16. The van der Waals surface area contributed by atoms with Gasteiger partial charge in [-0.05, 0) is 48.7 Å². The minimum atomic E-state index is -0.113. The summed E-state index contributed by atoms with van der Waals surface area (Å²) in [4.78, 5) is 16.8. The van der Waals surface area contributed by atoms with Gasteiger partial charge in [0.05, 0.1) is 31.4 Å². The molecule has 0 aliphatic carbocycles. The van der Waals surface area contributed by atoms with Crippen molar-refractivity contribution >= 4 is 23.4 Å². The Hall–Kier alpha value is -2.77. The third kappa shape index (κ3) is 5.19. The van der Waals surface area contributed by atoms with Crippen molar-refractivity contribution in [3.05, 3.63) is 71.0 Å². The number of thioether (sulfide) groups is 1. The van der Waals surface area contributed by atoms with E-state index in [0.29, 0.717) is 17.4 Å². The standard InChI is InChI=1S/C22H25N3O3S/c1-15-5-4-6-20(16(15)2)24-21(27)14-29-22-23-11-18(13-26)25(22)12-17-7-9-19(28-3)10-8-17/h4-11,26H,12-14H2,1-3H3,(H,24,27). The molecule has 29 heavy (non-hydrogen) atoms. The van der Waals surface area contributed by atoms with Crippen LogP contribution in [-0.2, 0) is 17.9 Å². The van der Waals surface area contributed by atoms with Crippen molar-refractivity contribution in [1.29, 1.82) is 0 Å². The van der Waals surface area contributed by atoms with Crippen LogP contribution in [0.4, 0.5) is 5.69 Å². The Bertz CT molecular complexity index is 983. The van der Waals surface area contributed by atoms with Gasteiger partial charge in [0.15, 0.2) is 5.16 Å². The van der Waals surface area contributed by atoms with Crippen LogP contribution in [0.15, 0.2) is 53.8 Å². The van der Waals surface area contributed by atoms with Gasteiger partial charge in [-0.2, -0.15) is 0 Å². The van der Waals surface area contributed by atoms with Crippen molar-refractivity contribution in [2.45, 2.75) is 32.2 Å². The number of aryl methyl sites for hydroxylation is 1. The van der Waals surface area contributed by atoms with Crippen molar-refractivity contribution in [2.75, 3.05) is 18.2 Å². The number of aliphatic hydroxyl groups is 1. The SMILES string of the molecule is COc1ccc(Cn2c(CO)cnc2SCC(=O)Nc2cccc(C)c2C)cc1. The number of carbonyl (C=O) groups excluding carboxylic acids is 1. The van der Waals surface area contributed by atoms with Gasteiger partial charge in [0, 0.05) is 12.2 Å². The lowest BCUT2D eigenvalue weighted by Gasteiger charge is -2.12. The third-order valence-electron chi connectivity index (χ3n) is 4.77. The van der Waals surface area contributed by atoms with Gasteiger partial charge in [-0.3, -0.25) is 4.79 Å². The van der Waals surface area contributed by atoms with Crippen LogP contribution < -0.4 is 10.1 Å². The molecule has 2 aromatic carbocycles. The molecule has 0 saturated heterocycles. The number of nitrogens with one attached hydrogen (secondary N) is 1. The first kappa shape index (κ1) is 21.0. The van der Waals surface area contributed by atoms with Crippen LogP contribution in [0.3, 0.4) is 0 Å². The number of carbonyl (C=O) groups is 1. The number of anilines is 1. The molecule has 0 bridgehead atoms. The van der Waals surface area contributed by atoms with Crippen molar-refractivity contribution in [3.63, 3.8) is 0 Å². The van der Waals surface area contributed by atoms with E-state index in [2.05, 4.69) is 10.3 Å². The maximum absolute atomic E-state index is 12.4. The highest BCUT2D eigenvalue weighted by Gasteiger charge is 2.13. The van der Waals surface area contributed by atoms with Gasteiger partial charge in [0.1, 0.15) is 5.75 Å². The van der Waals surface area contributed by atoms with Gasteiger partial charge < -0.3 is 19.7 Å². The van der Waals surface area contributed by atoms with Crippen LogP contribution in [-0.4, -0.2) is 33.4 Å². The summed E-state index contributed by atoms with van der Waals surface area (Å²) in [5.74, 6) is 0.936. The quantitative estimate of drug-likeness (QED) is 0.552. The van der Waals surface area contributed by atoms with Crippen molar-refractivity contribution in [3.8, 4) is 5.75 Å². The first-order valence-corrected chi connectivity index (χ1v) is 10.3. The highest BCUT2D eigenvalue weighted by Crippen LogP contribution is 2.23. The maximum Gasteiger partial charge on any atom is 0.234 e. The summed E-state index contributed by atoms with van der Waals surface area (Å²) >= 11 is 1.35. The summed E-state index contributed by atoms with van der Waals surface area (Å²) in [6.07, 6.45) is 1.65. The predicted octanol–water partition coefficient (Wildman–Crippen LogP) is 3.78. The van der Waals surface area contributed by atoms with E-state index >= 15 is 0 Å². The fourth-order valence-corrected chi connectivity index (χ4v) is 3.72. The fourth-order valence-electron chi connectivity index (χ4n) is 2.92. The maximum atomic E-state index is 12.4. The summed E-state index contributed by atoms with van der Waals surface area (Å²) in [7, 11) is 1.63. The zero-order chi connectivity index (χ0) is 20.8. The highest BCUT2D eigenvalue weighted by molar-refractivity contribution is 7.99. The second-order valence-corrected chi connectivity index (χ2v) is 7.65. The van der Waals surface area contributed by atoms with E-state index in [1.54, 1.807) is 13.3 Å². The lowest BCUT2D eigenvalue weighted by molar-refractivity contribution is -0.113. The first-order chi connectivity index (χ1) is 14.0. The number of amides is 1. The zero-order valence-corrected chi connectivity index (χ0v) is 17.6. The number of imidazole rings is 1. The molecule has 7 heteroatoms. The number of hydrogen-bond acceptors (Lipinski definition) is 5. The molecular formula is C22H25N3O3S. The van der Waals surface area contributed by atoms with Crippen LogP contribution in [0.5, 0.6) is 5.75 Å². The van der Waals surface area contributed by atoms with E-state index < -0.39 is 0 Å². The number of aliphatic hydroxyl groups excluding tert-OH is 1. The molecule has 1 amide bonds.